The predicted octanol–water partition coefficient (Wildman–Crippen LogP) is 5.73. The van der Waals surface area contributed by atoms with E-state index in [0.29, 0.717) is 18.5 Å². The van der Waals surface area contributed by atoms with E-state index in [1.165, 1.54) is 6.07 Å². The van der Waals surface area contributed by atoms with Crippen molar-refractivity contribution in [3.63, 3.8) is 0 Å². The normalized spacial score (nSPS) is 19.0. The second kappa shape index (κ2) is 9.35. The van der Waals surface area contributed by atoms with Crippen LogP contribution in [-0.4, -0.2) is 29.2 Å². The first-order chi connectivity index (χ1) is 15.3. The van der Waals surface area contributed by atoms with E-state index in [2.05, 4.69) is 5.16 Å². The molecule has 1 fully saturated rings. The molecule has 0 bridgehead atoms. The molecule has 170 valence electrons. The highest BCUT2D eigenvalue weighted by molar-refractivity contribution is 6.01. The van der Waals surface area contributed by atoms with E-state index < -0.39 is 11.7 Å². The second-order valence-electron chi connectivity index (χ2n) is 8.73. The third-order valence-corrected chi connectivity index (χ3v) is 6.19. The van der Waals surface area contributed by atoms with Crippen LogP contribution in [0.3, 0.4) is 0 Å². The van der Waals surface area contributed by atoms with Gasteiger partial charge in [0.2, 0.25) is 5.91 Å². The molecule has 0 spiro atoms. The summed E-state index contributed by atoms with van der Waals surface area (Å²) in [6, 6.07) is 13.2. The SMILES string of the molecule is Cc1ccc(C2=NOC(CN(Cc3cccc(C(F)(F)F)c3)C(=O)C3CCCC3)C2)cc1. The molecule has 4 nitrogen and oxygen atoms in total. The Hall–Kier alpha value is -2.83. The van der Waals surface area contributed by atoms with Crippen LogP contribution in [0.15, 0.2) is 53.7 Å². The summed E-state index contributed by atoms with van der Waals surface area (Å²) < 4.78 is 39.5. The van der Waals surface area contributed by atoms with Crippen LogP contribution in [0.1, 0.15) is 54.4 Å². The van der Waals surface area contributed by atoms with Crippen LogP contribution in [0.25, 0.3) is 0 Å². The number of alkyl halides is 3. The Morgan fingerprint density at radius 1 is 1.12 bits per heavy atom. The number of halogens is 3. The van der Waals surface area contributed by atoms with Crippen molar-refractivity contribution < 1.29 is 22.8 Å². The zero-order chi connectivity index (χ0) is 22.7. The molecule has 1 aliphatic carbocycles. The summed E-state index contributed by atoms with van der Waals surface area (Å²) in [4.78, 5) is 20.5. The van der Waals surface area contributed by atoms with Crippen LogP contribution in [-0.2, 0) is 22.4 Å². The minimum absolute atomic E-state index is 0.00713. The fourth-order valence-electron chi connectivity index (χ4n) is 4.42. The molecule has 1 atom stereocenters. The van der Waals surface area contributed by atoms with E-state index in [9.17, 15) is 18.0 Å². The van der Waals surface area contributed by atoms with E-state index in [0.717, 1.165) is 54.7 Å². The highest BCUT2D eigenvalue weighted by Gasteiger charge is 2.33. The van der Waals surface area contributed by atoms with Crippen LogP contribution in [0.5, 0.6) is 0 Å². The number of hydrogen-bond donors (Lipinski definition) is 0. The molecule has 1 saturated carbocycles. The van der Waals surface area contributed by atoms with Gasteiger partial charge >= 0.3 is 6.18 Å². The van der Waals surface area contributed by atoms with E-state index in [-0.39, 0.29) is 24.5 Å². The van der Waals surface area contributed by atoms with Crippen molar-refractivity contribution in [2.24, 2.45) is 11.1 Å². The van der Waals surface area contributed by atoms with Gasteiger partial charge in [-0.1, -0.05) is 60.0 Å². The zero-order valence-corrected chi connectivity index (χ0v) is 18.1. The number of carbonyl (C=O) groups excluding carboxylic acids is 1. The van der Waals surface area contributed by atoms with Gasteiger partial charge in [-0.25, -0.2) is 0 Å². The summed E-state index contributed by atoms with van der Waals surface area (Å²) >= 11 is 0. The lowest BCUT2D eigenvalue weighted by Crippen LogP contribution is -2.40. The summed E-state index contributed by atoms with van der Waals surface area (Å²) in [5.74, 6) is -0.0769. The molecular weight excluding hydrogens is 417 g/mol. The summed E-state index contributed by atoms with van der Waals surface area (Å²) in [6.07, 6.45) is -0.504. The van der Waals surface area contributed by atoms with Gasteiger partial charge < -0.3 is 9.74 Å². The zero-order valence-electron chi connectivity index (χ0n) is 18.1. The molecule has 1 unspecified atom stereocenters. The minimum atomic E-state index is -4.42. The van der Waals surface area contributed by atoms with Crippen LogP contribution in [0.2, 0.25) is 0 Å². The first kappa shape index (κ1) is 22.4. The molecule has 1 heterocycles. The molecule has 2 aromatic rings. The Morgan fingerprint density at radius 2 is 1.84 bits per heavy atom. The average molecular weight is 444 g/mol. The van der Waals surface area contributed by atoms with Crippen molar-refractivity contribution in [2.75, 3.05) is 6.54 Å². The largest absolute Gasteiger partial charge is 0.416 e. The summed E-state index contributed by atoms with van der Waals surface area (Å²) in [6.45, 7) is 2.43. The number of nitrogens with zero attached hydrogens (tertiary/aromatic N) is 2. The molecule has 0 saturated heterocycles. The molecule has 1 aliphatic heterocycles. The molecule has 0 aromatic heterocycles. The number of carbonyl (C=O) groups is 1. The topological polar surface area (TPSA) is 41.9 Å². The van der Waals surface area contributed by atoms with Crippen molar-refractivity contribution in [2.45, 2.75) is 57.9 Å². The third-order valence-electron chi connectivity index (χ3n) is 6.19. The number of rotatable bonds is 6. The molecule has 7 heteroatoms. The molecule has 2 aromatic carbocycles. The lowest BCUT2D eigenvalue weighted by molar-refractivity contribution is -0.137. The van der Waals surface area contributed by atoms with Gasteiger partial charge in [-0.15, -0.1) is 0 Å². The molecule has 0 radical (unpaired) electrons. The third kappa shape index (κ3) is 5.31. The minimum Gasteiger partial charge on any atom is -0.390 e. The fraction of sp³-hybridized carbons (Fsp3) is 0.440. The maximum absolute atomic E-state index is 13.2. The van der Waals surface area contributed by atoms with Crippen LogP contribution < -0.4 is 0 Å². The lowest BCUT2D eigenvalue weighted by Gasteiger charge is -2.28. The van der Waals surface area contributed by atoms with Crippen molar-refractivity contribution >= 4 is 11.6 Å². The van der Waals surface area contributed by atoms with E-state index in [1.807, 2.05) is 31.2 Å². The molecule has 32 heavy (non-hydrogen) atoms. The van der Waals surface area contributed by atoms with Gasteiger partial charge in [-0.3, -0.25) is 4.79 Å². The monoisotopic (exact) mass is 444 g/mol. The van der Waals surface area contributed by atoms with E-state index in [4.69, 9.17) is 4.84 Å². The van der Waals surface area contributed by atoms with Crippen LogP contribution >= 0.6 is 0 Å². The van der Waals surface area contributed by atoms with Gasteiger partial charge in [0.15, 0.2) is 6.10 Å². The maximum Gasteiger partial charge on any atom is 0.416 e. The summed E-state index contributed by atoms with van der Waals surface area (Å²) in [5.41, 5.74) is 2.71. The predicted molar refractivity (Wildman–Crippen MR) is 116 cm³/mol. The van der Waals surface area contributed by atoms with Gasteiger partial charge in [0.25, 0.3) is 0 Å². The molecular formula is C25H27F3N2O2. The Bertz CT molecular complexity index is 979. The van der Waals surface area contributed by atoms with Crippen LogP contribution in [0, 0.1) is 12.8 Å². The molecule has 2 aliphatic rings. The van der Waals surface area contributed by atoms with Crippen molar-refractivity contribution in [1.82, 2.24) is 4.90 Å². The number of aryl methyl sites for hydroxylation is 1. The van der Waals surface area contributed by atoms with Gasteiger partial charge in [-0.2, -0.15) is 13.2 Å². The standard InChI is InChI=1S/C25H27F3N2O2/c1-17-9-11-19(12-10-17)23-14-22(32-29-23)16-30(24(31)20-6-2-3-7-20)15-18-5-4-8-21(13-18)25(26,27)28/h4-5,8-13,20,22H,2-3,6-7,14-16H2,1H3. The number of oxime groups is 1. The average Bonchev–Trinajstić information content (AvgIpc) is 3.45. The highest BCUT2D eigenvalue weighted by Crippen LogP contribution is 2.31. The van der Waals surface area contributed by atoms with E-state index in [1.54, 1.807) is 11.0 Å². The van der Waals surface area contributed by atoms with Crippen molar-refractivity contribution in [1.29, 1.82) is 0 Å². The first-order valence-corrected chi connectivity index (χ1v) is 11.0. The lowest BCUT2D eigenvalue weighted by atomic mass is 10.0. The van der Waals surface area contributed by atoms with Crippen LogP contribution in [0.4, 0.5) is 13.2 Å². The fourth-order valence-corrected chi connectivity index (χ4v) is 4.42. The first-order valence-electron chi connectivity index (χ1n) is 11.0. The number of hydrogen-bond acceptors (Lipinski definition) is 3. The summed E-state index contributed by atoms with van der Waals surface area (Å²) in [5, 5.41) is 4.21. The second-order valence-corrected chi connectivity index (χ2v) is 8.73. The molecule has 1 amide bonds. The Morgan fingerprint density at radius 3 is 2.53 bits per heavy atom. The van der Waals surface area contributed by atoms with E-state index >= 15 is 0 Å². The molecule has 0 N–H and O–H groups in total. The number of benzene rings is 2. The number of amides is 1. The highest BCUT2D eigenvalue weighted by atomic mass is 19.4. The Kier molecular flexibility index (Phi) is 6.53. The summed E-state index contributed by atoms with van der Waals surface area (Å²) in [7, 11) is 0. The maximum atomic E-state index is 13.2. The van der Waals surface area contributed by atoms with Gasteiger partial charge in [0, 0.05) is 18.9 Å². The quantitative estimate of drug-likeness (QED) is 0.571. The van der Waals surface area contributed by atoms with Crippen molar-refractivity contribution in [3.8, 4) is 0 Å². The van der Waals surface area contributed by atoms with Gasteiger partial charge in [0.1, 0.15) is 0 Å². The Labute approximate surface area is 186 Å². The smallest absolute Gasteiger partial charge is 0.390 e. The Balaban J connectivity index is 1.48. The molecule has 4 rings (SSSR count). The van der Waals surface area contributed by atoms with Crippen molar-refractivity contribution in [3.05, 3.63) is 70.8 Å². The van der Waals surface area contributed by atoms with Gasteiger partial charge in [0.05, 0.1) is 17.8 Å². The van der Waals surface area contributed by atoms with Gasteiger partial charge in [-0.05, 0) is 43.0 Å².